The third kappa shape index (κ3) is 3.67. The number of aromatic nitrogens is 2. The van der Waals surface area contributed by atoms with Crippen LogP contribution in [0.2, 0.25) is 0 Å². The molecule has 0 aliphatic rings. The number of thiophene rings is 1. The monoisotopic (exact) mass is 342 g/mol. The van der Waals surface area contributed by atoms with Gasteiger partial charge in [-0.15, -0.1) is 11.3 Å². The lowest BCUT2D eigenvalue weighted by Gasteiger charge is -2.10. The topological polar surface area (TPSA) is 44.1 Å². The lowest BCUT2D eigenvalue weighted by molar-refractivity contribution is 0.302. The minimum absolute atomic E-state index is 0.0708. The van der Waals surface area contributed by atoms with Crippen LogP contribution < -0.4 is 10.3 Å². The van der Waals surface area contributed by atoms with Crippen molar-refractivity contribution in [2.75, 3.05) is 6.61 Å². The summed E-state index contributed by atoms with van der Waals surface area (Å²) in [7, 11) is 0. The van der Waals surface area contributed by atoms with E-state index >= 15 is 0 Å². The van der Waals surface area contributed by atoms with E-state index in [2.05, 4.69) is 18.0 Å². The van der Waals surface area contributed by atoms with Gasteiger partial charge >= 0.3 is 0 Å². The molecule has 0 saturated heterocycles. The van der Waals surface area contributed by atoms with Gasteiger partial charge in [0.1, 0.15) is 16.4 Å². The van der Waals surface area contributed by atoms with Gasteiger partial charge in [-0.2, -0.15) is 0 Å². The molecule has 24 heavy (non-hydrogen) atoms. The molecular formula is C19H22N2O2S. The van der Waals surface area contributed by atoms with Gasteiger partial charge in [-0.1, -0.05) is 12.1 Å². The van der Waals surface area contributed by atoms with Crippen LogP contribution in [0.25, 0.3) is 10.2 Å². The van der Waals surface area contributed by atoms with Gasteiger partial charge in [0, 0.05) is 11.4 Å². The summed E-state index contributed by atoms with van der Waals surface area (Å²) >= 11 is 1.58. The van der Waals surface area contributed by atoms with Gasteiger partial charge in [-0.05, 0) is 57.4 Å². The fourth-order valence-electron chi connectivity index (χ4n) is 2.77. The number of fused-ring (bicyclic) bond motifs is 1. The number of hydrogen-bond donors (Lipinski definition) is 0. The SMILES string of the molecule is Cc1cccc(OCCCCn2c(C)nc3sc(C)cc3c2=O)c1. The molecule has 0 radical (unpaired) electrons. The Balaban J connectivity index is 1.59. The molecular weight excluding hydrogens is 320 g/mol. The molecule has 2 heterocycles. The van der Waals surface area contributed by atoms with Gasteiger partial charge in [-0.3, -0.25) is 9.36 Å². The highest BCUT2D eigenvalue weighted by atomic mass is 32.1. The summed E-state index contributed by atoms with van der Waals surface area (Å²) in [6, 6.07) is 9.99. The second-order valence-corrected chi connectivity index (χ2v) is 7.30. The second-order valence-electron chi connectivity index (χ2n) is 6.06. The summed E-state index contributed by atoms with van der Waals surface area (Å²) in [5.74, 6) is 1.69. The lowest BCUT2D eigenvalue weighted by Crippen LogP contribution is -2.23. The quantitative estimate of drug-likeness (QED) is 0.629. The standard InChI is InChI=1S/C19H22N2O2S/c1-13-7-6-8-16(11-13)23-10-5-4-9-21-15(3)20-18-17(19(21)22)12-14(2)24-18/h6-8,11-12H,4-5,9-10H2,1-3H3. The molecule has 2 aromatic heterocycles. The summed E-state index contributed by atoms with van der Waals surface area (Å²) in [5.41, 5.74) is 1.27. The second kappa shape index (κ2) is 7.18. The van der Waals surface area contributed by atoms with E-state index in [0.29, 0.717) is 13.2 Å². The van der Waals surface area contributed by atoms with Crippen molar-refractivity contribution in [2.45, 2.75) is 40.2 Å². The summed E-state index contributed by atoms with van der Waals surface area (Å²) in [4.78, 5) is 19.1. The average Bonchev–Trinajstić information content (AvgIpc) is 2.90. The van der Waals surface area contributed by atoms with Crippen LogP contribution in [0.5, 0.6) is 5.75 Å². The van der Waals surface area contributed by atoms with E-state index in [1.165, 1.54) is 5.56 Å². The summed E-state index contributed by atoms with van der Waals surface area (Å²) in [5, 5.41) is 0.735. The predicted octanol–water partition coefficient (Wildman–Crippen LogP) is 4.24. The maximum Gasteiger partial charge on any atom is 0.262 e. The fraction of sp³-hybridized carbons (Fsp3) is 0.368. The van der Waals surface area contributed by atoms with Gasteiger partial charge in [0.2, 0.25) is 0 Å². The lowest BCUT2D eigenvalue weighted by atomic mass is 10.2. The summed E-state index contributed by atoms with van der Waals surface area (Å²) < 4.78 is 7.54. The zero-order chi connectivity index (χ0) is 17.1. The molecule has 0 fully saturated rings. The van der Waals surface area contributed by atoms with Crippen molar-refractivity contribution in [1.29, 1.82) is 0 Å². The molecule has 0 amide bonds. The van der Waals surface area contributed by atoms with Crippen LogP contribution >= 0.6 is 11.3 Å². The highest BCUT2D eigenvalue weighted by Crippen LogP contribution is 2.20. The molecule has 0 aliphatic carbocycles. The molecule has 0 saturated carbocycles. The van der Waals surface area contributed by atoms with Gasteiger partial charge in [0.25, 0.3) is 5.56 Å². The van der Waals surface area contributed by atoms with E-state index in [1.807, 2.05) is 38.1 Å². The Kier molecular flexibility index (Phi) is 5.00. The first kappa shape index (κ1) is 16.7. The maximum atomic E-state index is 12.6. The summed E-state index contributed by atoms with van der Waals surface area (Å²) in [6.45, 7) is 7.30. The third-order valence-corrected chi connectivity index (χ3v) is 4.94. The molecule has 0 atom stereocenters. The molecule has 5 heteroatoms. The van der Waals surface area contributed by atoms with Crippen LogP contribution in [-0.2, 0) is 6.54 Å². The van der Waals surface area contributed by atoms with Crippen LogP contribution in [-0.4, -0.2) is 16.2 Å². The molecule has 0 N–H and O–H groups in total. The molecule has 3 aromatic rings. The van der Waals surface area contributed by atoms with Crippen molar-refractivity contribution in [3.05, 3.63) is 57.0 Å². The van der Waals surface area contributed by atoms with Gasteiger partial charge in [0.05, 0.1) is 12.0 Å². The maximum absolute atomic E-state index is 12.6. The average molecular weight is 342 g/mol. The number of nitrogens with zero attached hydrogens (tertiary/aromatic N) is 2. The van der Waals surface area contributed by atoms with Crippen molar-refractivity contribution in [1.82, 2.24) is 9.55 Å². The van der Waals surface area contributed by atoms with Crippen molar-refractivity contribution in [3.63, 3.8) is 0 Å². The Bertz CT molecular complexity index is 911. The molecule has 4 nitrogen and oxygen atoms in total. The van der Waals surface area contributed by atoms with Gasteiger partial charge < -0.3 is 4.74 Å². The number of hydrogen-bond acceptors (Lipinski definition) is 4. The normalized spacial score (nSPS) is 11.1. The number of benzene rings is 1. The van der Waals surface area contributed by atoms with E-state index in [1.54, 1.807) is 15.9 Å². The highest BCUT2D eigenvalue weighted by molar-refractivity contribution is 7.18. The van der Waals surface area contributed by atoms with Crippen LogP contribution in [0.15, 0.2) is 35.1 Å². The Labute approximate surface area is 145 Å². The van der Waals surface area contributed by atoms with Gasteiger partial charge in [0.15, 0.2) is 0 Å². The first-order chi connectivity index (χ1) is 11.5. The minimum atomic E-state index is 0.0708. The zero-order valence-corrected chi connectivity index (χ0v) is 15.2. The first-order valence-electron chi connectivity index (χ1n) is 8.21. The molecule has 0 aliphatic heterocycles. The first-order valence-corrected chi connectivity index (χ1v) is 9.03. The smallest absolute Gasteiger partial charge is 0.262 e. The molecule has 0 unspecified atom stereocenters. The van der Waals surface area contributed by atoms with Crippen LogP contribution in [0.3, 0.4) is 0 Å². The van der Waals surface area contributed by atoms with E-state index in [9.17, 15) is 4.79 Å². The number of ether oxygens (including phenoxy) is 1. The van der Waals surface area contributed by atoms with Crippen molar-refractivity contribution in [3.8, 4) is 5.75 Å². The van der Waals surface area contributed by atoms with E-state index in [-0.39, 0.29) is 5.56 Å². The summed E-state index contributed by atoms with van der Waals surface area (Å²) in [6.07, 6.45) is 1.80. The van der Waals surface area contributed by atoms with E-state index < -0.39 is 0 Å². The Morgan fingerprint density at radius 2 is 2.00 bits per heavy atom. The third-order valence-electron chi connectivity index (χ3n) is 4.00. The van der Waals surface area contributed by atoms with Gasteiger partial charge in [-0.25, -0.2) is 4.98 Å². The van der Waals surface area contributed by atoms with Crippen LogP contribution in [0.4, 0.5) is 0 Å². The Morgan fingerprint density at radius 1 is 1.17 bits per heavy atom. The van der Waals surface area contributed by atoms with Crippen molar-refractivity contribution < 1.29 is 4.74 Å². The Morgan fingerprint density at radius 3 is 2.79 bits per heavy atom. The molecule has 1 aromatic carbocycles. The van der Waals surface area contributed by atoms with Crippen LogP contribution in [0.1, 0.15) is 29.1 Å². The largest absolute Gasteiger partial charge is 0.494 e. The highest BCUT2D eigenvalue weighted by Gasteiger charge is 2.10. The number of aryl methyl sites for hydroxylation is 3. The van der Waals surface area contributed by atoms with Crippen molar-refractivity contribution in [2.24, 2.45) is 0 Å². The predicted molar refractivity (Wildman–Crippen MR) is 99.3 cm³/mol. The zero-order valence-electron chi connectivity index (χ0n) is 14.3. The Hall–Kier alpha value is -2.14. The van der Waals surface area contributed by atoms with E-state index in [4.69, 9.17) is 4.74 Å². The van der Waals surface area contributed by atoms with Crippen molar-refractivity contribution >= 4 is 21.6 Å². The minimum Gasteiger partial charge on any atom is -0.494 e. The number of unbranched alkanes of at least 4 members (excludes halogenated alkanes) is 1. The molecule has 126 valence electrons. The van der Waals surface area contributed by atoms with Crippen LogP contribution in [0, 0.1) is 20.8 Å². The molecule has 3 rings (SSSR count). The van der Waals surface area contributed by atoms with E-state index in [0.717, 1.165) is 39.5 Å². The number of rotatable bonds is 6. The fourth-order valence-corrected chi connectivity index (χ4v) is 3.68. The molecule has 0 spiro atoms. The molecule has 0 bridgehead atoms.